The molecule has 0 spiro atoms. The third-order valence-electron chi connectivity index (χ3n) is 1.18. The van der Waals surface area contributed by atoms with Crippen LogP contribution in [0.5, 0.6) is 0 Å². The Balaban J connectivity index is 4.19. The third-order valence-corrected chi connectivity index (χ3v) is 1.18. The Hall–Kier alpha value is -1.12. The summed E-state index contributed by atoms with van der Waals surface area (Å²) in [6.45, 7) is 6.03. The van der Waals surface area contributed by atoms with Gasteiger partial charge in [-0.25, -0.2) is 0 Å². The van der Waals surface area contributed by atoms with Crippen LogP contribution in [-0.2, 0) is 0 Å². The summed E-state index contributed by atoms with van der Waals surface area (Å²) in [6.07, 6.45) is 1.48. The highest BCUT2D eigenvalue weighted by atomic mass is 16.3. The van der Waals surface area contributed by atoms with E-state index in [1.54, 1.807) is 0 Å². The zero-order valence-corrected chi connectivity index (χ0v) is 7.18. The van der Waals surface area contributed by atoms with E-state index in [0.29, 0.717) is 0 Å². The first-order valence-electron chi connectivity index (χ1n) is 3.59. The molecule has 3 heteroatoms. The van der Waals surface area contributed by atoms with Gasteiger partial charge in [0.1, 0.15) is 5.76 Å². The topological polar surface area (TPSA) is 52.5 Å². The number of hydrogen-bond donors (Lipinski definition) is 3. The third kappa shape index (κ3) is 4.31. The maximum absolute atomic E-state index is 9.04. The number of hydrogen-bond acceptors (Lipinski definition) is 3. The monoisotopic (exact) mass is 157 g/mol. The van der Waals surface area contributed by atoms with Crippen molar-refractivity contribution in [1.29, 1.82) is 0 Å². The van der Waals surface area contributed by atoms with Gasteiger partial charge in [-0.2, -0.15) is 0 Å². The van der Waals surface area contributed by atoms with Gasteiger partial charge in [0.25, 0.3) is 0 Å². The van der Waals surface area contributed by atoms with Crippen molar-refractivity contribution < 1.29 is 10.2 Å². The van der Waals surface area contributed by atoms with Crippen molar-refractivity contribution >= 4 is 0 Å². The fraction of sp³-hybridized carbons (Fsp3) is 0.500. The maximum Gasteiger partial charge on any atom is 0.154 e. The van der Waals surface area contributed by atoms with Crippen molar-refractivity contribution in [3.05, 3.63) is 23.3 Å². The van der Waals surface area contributed by atoms with Gasteiger partial charge in [0.15, 0.2) is 5.76 Å². The second-order valence-corrected chi connectivity index (χ2v) is 2.33. The molecule has 64 valence electrons. The fourth-order valence-corrected chi connectivity index (χ4v) is 0.639. The molecule has 0 saturated carbocycles. The second kappa shape index (κ2) is 4.66. The Morgan fingerprint density at radius 3 is 2.27 bits per heavy atom. The Kier molecular flexibility index (Phi) is 4.18. The lowest BCUT2D eigenvalue weighted by Crippen LogP contribution is -2.09. The maximum atomic E-state index is 9.04. The summed E-state index contributed by atoms with van der Waals surface area (Å²) in [6, 6.07) is 0. The molecule has 0 fully saturated rings. The number of rotatable bonds is 3. The average molecular weight is 157 g/mol. The minimum atomic E-state index is -0.0940. The smallest absolute Gasteiger partial charge is 0.154 e. The van der Waals surface area contributed by atoms with E-state index in [1.807, 2.05) is 13.8 Å². The van der Waals surface area contributed by atoms with Gasteiger partial charge in [-0.15, -0.1) is 0 Å². The van der Waals surface area contributed by atoms with E-state index >= 15 is 0 Å². The molecule has 0 aromatic heterocycles. The number of nitrogens with one attached hydrogen (secondary N) is 1. The molecule has 0 radical (unpaired) electrons. The Bertz CT molecular complexity index is 179. The van der Waals surface area contributed by atoms with Gasteiger partial charge in [-0.1, -0.05) is 0 Å². The van der Waals surface area contributed by atoms with Crippen LogP contribution in [0.4, 0.5) is 0 Å². The van der Waals surface area contributed by atoms with Gasteiger partial charge < -0.3 is 15.5 Å². The molecule has 0 aliphatic heterocycles. The first kappa shape index (κ1) is 9.88. The second-order valence-electron chi connectivity index (χ2n) is 2.33. The number of aliphatic hydroxyl groups is 2. The van der Waals surface area contributed by atoms with Crippen molar-refractivity contribution in [1.82, 2.24) is 5.32 Å². The highest BCUT2D eigenvalue weighted by Gasteiger charge is 1.93. The molecule has 3 nitrogen and oxygen atoms in total. The van der Waals surface area contributed by atoms with E-state index in [1.165, 1.54) is 13.0 Å². The summed E-state index contributed by atoms with van der Waals surface area (Å²) in [5, 5.41) is 20.8. The quantitative estimate of drug-likeness (QED) is 0.433. The lowest BCUT2D eigenvalue weighted by molar-refractivity contribution is 0.339. The zero-order valence-electron chi connectivity index (χ0n) is 7.18. The molecule has 11 heavy (non-hydrogen) atoms. The summed E-state index contributed by atoms with van der Waals surface area (Å²) in [7, 11) is 0. The van der Waals surface area contributed by atoms with Crippen molar-refractivity contribution in [2.75, 3.05) is 6.54 Å². The summed E-state index contributed by atoms with van der Waals surface area (Å²) in [5.41, 5.74) is 0.832. The minimum Gasteiger partial charge on any atom is -0.509 e. The molecular formula is C8H15NO2. The molecule has 0 atom stereocenters. The fourth-order valence-electron chi connectivity index (χ4n) is 0.639. The Morgan fingerprint density at radius 1 is 1.36 bits per heavy atom. The number of aliphatic hydroxyl groups excluding tert-OH is 2. The highest BCUT2D eigenvalue weighted by Crippen LogP contribution is 2.00. The molecule has 3 N–H and O–H groups in total. The summed E-state index contributed by atoms with van der Waals surface area (Å²) in [5.74, 6) is -0.161. The Labute approximate surface area is 67.1 Å². The van der Waals surface area contributed by atoms with Gasteiger partial charge >= 0.3 is 0 Å². The van der Waals surface area contributed by atoms with Crippen molar-refractivity contribution in [3.63, 3.8) is 0 Å². The van der Waals surface area contributed by atoms with E-state index in [-0.39, 0.29) is 11.5 Å². The van der Waals surface area contributed by atoms with Crippen LogP contribution in [-0.4, -0.2) is 16.8 Å². The van der Waals surface area contributed by atoms with Crippen molar-refractivity contribution in [3.8, 4) is 0 Å². The summed E-state index contributed by atoms with van der Waals surface area (Å²) >= 11 is 0. The first-order chi connectivity index (χ1) is 5.07. The molecule has 0 bridgehead atoms. The van der Waals surface area contributed by atoms with Gasteiger partial charge in [-0.3, -0.25) is 0 Å². The van der Waals surface area contributed by atoms with Crippen LogP contribution in [0.1, 0.15) is 20.8 Å². The lowest BCUT2D eigenvalue weighted by Gasteiger charge is -2.01. The summed E-state index contributed by atoms with van der Waals surface area (Å²) in [4.78, 5) is 0. The molecule has 0 heterocycles. The molecule has 0 amide bonds. The molecule has 0 saturated heterocycles. The molecule has 0 rings (SSSR count). The van der Waals surface area contributed by atoms with Gasteiger partial charge in [0.2, 0.25) is 0 Å². The number of allylic oxidation sites excluding steroid dienone is 3. The predicted octanol–water partition coefficient (Wildman–Crippen LogP) is 1.85. The normalized spacial score (nSPS) is 14.3. The molecule has 0 aromatic rings. The predicted molar refractivity (Wildman–Crippen MR) is 45.4 cm³/mol. The van der Waals surface area contributed by atoms with Crippen LogP contribution in [0.3, 0.4) is 0 Å². The van der Waals surface area contributed by atoms with Gasteiger partial charge in [0.05, 0.1) is 0 Å². The van der Waals surface area contributed by atoms with E-state index < -0.39 is 0 Å². The van der Waals surface area contributed by atoms with E-state index in [4.69, 9.17) is 10.2 Å². The van der Waals surface area contributed by atoms with Crippen LogP contribution in [0.15, 0.2) is 23.3 Å². The average Bonchev–Trinajstić information content (AvgIpc) is 1.87. The zero-order chi connectivity index (χ0) is 8.85. The van der Waals surface area contributed by atoms with Crippen molar-refractivity contribution in [2.45, 2.75) is 20.8 Å². The van der Waals surface area contributed by atoms with E-state index in [0.717, 1.165) is 12.2 Å². The summed E-state index contributed by atoms with van der Waals surface area (Å²) < 4.78 is 0. The molecule has 0 unspecified atom stereocenters. The first-order valence-corrected chi connectivity index (χ1v) is 3.59. The van der Waals surface area contributed by atoms with Crippen LogP contribution < -0.4 is 5.32 Å². The van der Waals surface area contributed by atoms with Gasteiger partial charge in [-0.05, 0) is 20.8 Å². The molecule has 0 aliphatic rings. The standard InChI is InChI=1S/C8H15NO2/c1-4-9-6(2)5-8(11)7(3)10/h5,9-11H,4H2,1-3H3/b6-5+,8-7-. The molecule has 0 aromatic carbocycles. The highest BCUT2D eigenvalue weighted by molar-refractivity contribution is 5.16. The largest absolute Gasteiger partial charge is 0.509 e. The van der Waals surface area contributed by atoms with E-state index in [9.17, 15) is 0 Å². The lowest BCUT2D eigenvalue weighted by atomic mass is 10.3. The van der Waals surface area contributed by atoms with Crippen LogP contribution in [0.25, 0.3) is 0 Å². The van der Waals surface area contributed by atoms with Crippen molar-refractivity contribution in [2.24, 2.45) is 0 Å². The Morgan fingerprint density at radius 2 is 1.91 bits per heavy atom. The van der Waals surface area contributed by atoms with Gasteiger partial charge in [0, 0.05) is 18.3 Å². The SMILES string of the molecule is CCN/C(C)=C/C(O)=C(\C)O. The van der Waals surface area contributed by atoms with Crippen LogP contribution in [0, 0.1) is 0 Å². The molecule has 0 aliphatic carbocycles. The van der Waals surface area contributed by atoms with E-state index in [2.05, 4.69) is 5.32 Å². The molecular weight excluding hydrogens is 142 g/mol. The van der Waals surface area contributed by atoms with Crippen LogP contribution >= 0.6 is 0 Å². The van der Waals surface area contributed by atoms with Crippen LogP contribution in [0.2, 0.25) is 0 Å². The minimum absolute atomic E-state index is 0.0674.